The molecule has 5 nitrogen and oxygen atoms in total. The van der Waals surface area contributed by atoms with Crippen molar-refractivity contribution in [1.82, 2.24) is 5.32 Å². The second kappa shape index (κ2) is 10.1. The average Bonchev–Trinajstić information content (AvgIpc) is 2.68. The van der Waals surface area contributed by atoms with Crippen molar-refractivity contribution in [2.24, 2.45) is 10.9 Å². The van der Waals surface area contributed by atoms with Gasteiger partial charge in [-0.2, -0.15) is 4.99 Å². The summed E-state index contributed by atoms with van der Waals surface area (Å²) in [6.07, 6.45) is 8.19. The summed E-state index contributed by atoms with van der Waals surface area (Å²) in [6.45, 7) is 2.87. The van der Waals surface area contributed by atoms with Crippen molar-refractivity contribution in [1.29, 1.82) is 0 Å². The van der Waals surface area contributed by atoms with Gasteiger partial charge in [-0.25, -0.2) is 0 Å². The molecule has 1 aromatic carbocycles. The number of benzene rings is 1. The van der Waals surface area contributed by atoms with Crippen molar-refractivity contribution in [2.45, 2.75) is 63.5 Å². The molecule has 1 aliphatic heterocycles. The first kappa shape index (κ1) is 20.9. The lowest BCUT2D eigenvalue weighted by Crippen LogP contribution is -2.39. The molecule has 0 bridgehead atoms. The summed E-state index contributed by atoms with van der Waals surface area (Å²) in [5.41, 5.74) is 2.19. The Morgan fingerprint density at radius 1 is 1.18 bits per heavy atom. The zero-order valence-electron chi connectivity index (χ0n) is 16.9. The molecule has 0 aromatic heterocycles. The largest absolute Gasteiger partial charge is 0.359 e. The number of amides is 2. The van der Waals surface area contributed by atoms with E-state index in [1.807, 2.05) is 0 Å². The van der Waals surface area contributed by atoms with Crippen molar-refractivity contribution in [3.8, 4) is 0 Å². The van der Waals surface area contributed by atoms with Gasteiger partial charge < -0.3 is 10.2 Å². The number of aryl methyl sites for hydroxylation is 1. The third-order valence-corrected chi connectivity index (χ3v) is 7.09. The number of anilines is 1. The van der Waals surface area contributed by atoms with Crippen molar-refractivity contribution in [3.05, 3.63) is 29.8 Å². The Kier molecular flexibility index (Phi) is 7.54. The van der Waals surface area contributed by atoms with Crippen LogP contribution in [0.25, 0.3) is 0 Å². The van der Waals surface area contributed by atoms with Gasteiger partial charge in [-0.3, -0.25) is 9.59 Å². The molecule has 3 rings (SSSR count). The predicted octanol–water partition coefficient (Wildman–Crippen LogP) is 4.16. The van der Waals surface area contributed by atoms with E-state index < -0.39 is 0 Å². The lowest BCUT2D eigenvalue weighted by Gasteiger charge is -2.34. The lowest BCUT2D eigenvalue weighted by molar-refractivity contribution is -0.122. The highest BCUT2D eigenvalue weighted by atomic mass is 32.2. The Labute approximate surface area is 172 Å². The smallest absolute Gasteiger partial charge is 0.252 e. The summed E-state index contributed by atoms with van der Waals surface area (Å²) in [5, 5.41) is 3.86. The number of amidine groups is 1. The molecule has 1 aromatic rings. The highest BCUT2D eigenvalue weighted by molar-refractivity contribution is 8.14. The number of nitrogens with zero attached hydrogens (tertiary/aromatic N) is 2. The Balaban J connectivity index is 1.72. The van der Waals surface area contributed by atoms with Crippen LogP contribution in [0.15, 0.2) is 29.3 Å². The molecular formula is C22H31N3O2S. The van der Waals surface area contributed by atoms with Gasteiger partial charge in [-0.15, -0.1) is 0 Å². The van der Waals surface area contributed by atoms with Crippen LogP contribution in [-0.2, 0) is 16.0 Å². The highest BCUT2D eigenvalue weighted by Gasteiger charge is 2.36. The number of hydrogen-bond donors (Lipinski definition) is 1. The van der Waals surface area contributed by atoms with Gasteiger partial charge in [0.15, 0.2) is 5.17 Å². The maximum absolute atomic E-state index is 12.7. The minimum atomic E-state index is 0.0551. The average molecular weight is 402 g/mol. The van der Waals surface area contributed by atoms with Crippen LogP contribution < -0.4 is 10.2 Å². The molecule has 28 heavy (non-hydrogen) atoms. The minimum Gasteiger partial charge on any atom is -0.359 e. The van der Waals surface area contributed by atoms with Crippen LogP contribution in [0.4, 0.5) is 5.69 Å². The van der Waals surface area contributed by atoms with Gasteiger partial charge in [0.1, 0.15) is 0 Å². The molecule has 2 unspecified atom stereocenters. The second-order valence-electron chi connectivity index (χ2n) is 7.57. The fourth-order valence-corrected chi connectivity index (χ4v) is 5.47. The van der Waals surface area contributed by atoms with E-state index in [-0.39, 0.29) is 17.7 Å². The predicted molar refractivity (Wildman–Crippen MR) is 117 cm³/mol. The molecular weight excluding hydrogens is 370 g/mol. The third kappa shape index (κ3) is 5.16. The topological polar surface area (TPSA) is 61.8 Å². The zero-order chi connectivity index (χ0) is 19.9. The molecule has 2 amide bonds. The Hall–Kier alpha value is -1.82. The summed E-state index contributed by atoms with van der Waals surface area (Å²) in [7, 11) is 1.66. The van der Waals surface area contributed by atoms with Gasteiger partial charge in [0.05, 0.1) is 5.92 Å². The minimum absolute atomic E-state index is 0.0551. The summed E-state index contributed by atoms with van der Waals surface area (Å²) in [6, 6.07) is 8.27. The molecule has 1 N–H and O–H groups in total. The number of hydrogen-bond acceptors (Lipinski definition) is 4. The molecule has 1 fully saturated rings. The van der Waals surface area contributed by atoms with Gasteiger partial charge >= 0.3 is 0 Å². The standard InChI is InChI=1S/C22H31N3O2S/c1-3-25(17-13-10-16(11-14-17)12-15-20(26)23-2)22-24-21(27)18-8-6-4-5-7-9-19(18)28-22/h10-11,13-14,18-19H,3-9,12,15H2,1-2H3,(H,23,26). The molecule has 0 spiro atoms. The number of fused-ring (bicyclic) bond motifs is 1. The number of rotatable bonds is 5. The lowest BCUT2D eigenvalue weighted by atomic mass is 9.90. The first-order valence-electron chi connectivity index (χ1n) is 10.5. The van der Waals surface area contributed by atoms with E-state index in [0.29, 0.717) is 11.7 Å². The first-order chi connectivity index (χ1) is 13.6. The Morgan fingerprint density at radius 3 is 2.57 bits per heavy atom. The number of aliphatic imine (C=N–C) groups is 1. The maximum atomic E-state index is 12.7. The fraction of sp³-hybridized carbons (Fsp3) is 0.591. The van der Waals surface area contributed by atoms with E-state index >= 15 is 0 Å². The van der Waals surface area contributed by atoms with E-state index in [0.717, 1.165) is 48.6 Å². The summed E-state index contributed by atoms with van der Waals surface area (Å²) in [4.78, 5) is 30.8. The van der Waals surface area contributed by atoms with Gasteiger partial charge in [0.2, 0.25) is 5.91 Å². The summed E-state index contributed by atoms with van der Waals surface area (Å²) in [5.74, 6) is 0.223. The second-order valence-corrected chi connectivity index (χ2v) is 8.78. The van der Waals surface area contributed by atoms with E-state index in [4.69, 9.17) is 0 Å². The van der Waals surface area contributed by atoms with Crippen LogP contribution in [0, 0.1) is 5.92 Å². The van der Waals surface area contributed by atoms with Crippen LogP contribution in [0.1, 0.15) is 57.4 Å². The van der Waals surface area contributed by atoms with E-state index in [1.165, 1.54) is 19.3 Å². The maximum Gasteiger partial charge on any atom is 0.252 e. The number of nitrogens with one attached hydrogen (secondary N) is 1. The first-order valence-corrected chi connectivity index (χ1v) is 11.4. The molecule has 6 heteroatoms. The monoisotopic (exact) mass is 401 g/mol. The number of carbonyl (C=O) groups excluding carboxylic acids is 2. The van der Waals surface area contributed by atoms with Crippen LogP contribution in [0.5, 0.6) is 0 Å². The quantitative estimate of drug-likeness (QED) is 0.805. The van der Waals surface area contributed by atoms with Gasteiger partial charge in [0, 0.05) is 31.0 Å². The van der Waals surface area contributed by atoms with Crippen molar-refractivity contribution in [3.63, 3.8) is 0 Å². The van der Waals surface area contributed by atoms with Crippen molar-refractivity contribution >= 4 is 34.4 Å². The normalized spacial score (nSPS) is 22.5. The molecule has 1 saturated carbocycles. The number of carbonyl (C=O) groups is 2. The molecule has 152 valence electrons. The van der Waals surface area contributed by atoms with Gasteiger partial charge in [0.25, 0.3) is 5.91 Å². The molecule has 2 aliphatic rings. The van der Waals surface area contributed by atoms with Crippen molar-refractivity contribution < 1.29 is 9.59 Å². The van der Waals surface area contributed by atoms with Gasteiger partial charge in [-0.1, -0.05) is 49.6 Å². The molecule has 0 saturated heterocycles. The van der Waals surface area contributed by atoms with Crippen LogP contribution in [-0.4, -0.2) is 35.8 Å². The Bertz CT molecular complexity index is 717. The van der Waals surface area contributed by atoms with E-state index in [9.17, 15) is 9.59 Å². The van der Waals surface area contributed by atoms with Crippen molar-refractivity contribution in [2.75, 3.05) is 18.5 Å². The third-order valence-electron chi connectivity index (χ3n) is 5.70. The Morgan fingerprint density at radius 2 is 1.89 bits per heavy atom. The molecule has 1 aliphatic carbocycles. The van der Waals surface area contributed by atoms with Crippen LogP contribution in [0.2, 0.25) is 0 Å². The molecule has 1 heterocycles. The van der Waals surface area contributed by atoms with Gasteiger partial charge in [-0.05, 0) is 43.9 Å². The summed E-state index contributed by atoms with van der Waals surface area (Å²) < 4.78 is 0. The highest BCUT2D eigenvalue weighted by Crippen LogP contribution is 2.38. The van der Waals surface area contributed by atoms with Crippen LogP contribution >= 0.6 is 11.8 Å². The number of thioether (sulfide) groups is 1. The SMILES string of the molecule is CCN(C1=NC(=O)C2CCCCCCC2S1)c1ccc(CCC(=O)NC)cc1. The molecule has 2 atom stereocenters. The fourth-order valence-electron chi connectivity index (χ4n) is 3.99. The zero-order valence-corrected chi connectivity index (χ0v) is 17.8. The van der Waals surface area contributed by atoms with E-state index in [2.05, 4.69) is 46.4 Å². The summed E-state index contributed by atoms with van der Waals surface area (Å²) >= 11 is 1.79. The van der Waals surface area contributed by atoms with Crippen LogP contribution in [0.3, 0.4) is 0 Å². The molecule has 0 radical (unpaired) electrons. The van der Waals surface area contributed by atoms with E-state index in [1.54, 1.807) is 18.8 Å².